The number of thioether (sulfide) groups is 1. The minimum atomic E-state index is -0.172. The van der Waals surface area contributed by atoms with Crippen LogP contribution in [0.4, 0.5) is 11.4 Å². The average molecular weight is 249 g/mol. The van der Waals surface area contributed by atoms with Gasteiger partial charge in [-0.2, -0.15) is 17.0 Å². The van der Waals surface area contributed by atoms with Crippen LogP contribution in [0, 0.1) is 16.2 Å². The zero-order valence-electron chi connectivity index (χ0n) is 9.27. The van der Waals surface area contributed by atoms with E-state index in [1.165, 1.54) is 18.2 Å². The molecule has 0 fully saturated rings. The normalized spacial score (nSPS) is 9.41. The van der Waals surface area contributed by atoms with Crippen LogP contribution in [0.1, 0.15) is 12.0 Å². The van der Waals surface area contributed by atoms with Gasteiger partial charge in [-0.1, -0.05) is 0 Å². The fourth-order valence-electron chi connectivity index (χ4n) is 1.19. The van der Waals surface area contributed by atoms with Crippen LogP contribution in [-0.2, 0) is 4.79 Å². The third kappa shape index (κ3) is 3.89. The van der Waals surface area contributed by atoms with Gasteiger partial charge in [-0.3, -0.25) is 4.79 Å². The largest absolute Gasteiger partial charge is 0.324 e. The summed E-state index contributed by atoms with van der Waals surface area (Å²) >= 11 is 1.57. The van der Waals surface area contributed by atoms with Crippen molar-refractivity contribution in [2.75, 3.05) is 17.3 Å². The first-order valence-electron chi connectivity index (χ1n) is 4.87. The van der Waals surface area contributed by atoms with Crippen LogP contribution in [0.3, 0.4) is 0 Å². The van der Waals surface area contributed by atoms with Crippen LogP contribution in [-0.4, -0.2) is 17.9 Å². The highest BCUT2D eigenvalue weighted by atomic mass is 32.2. The van der Waals surface area contributed by atoms with Gasteiger partial charge in [-0.05, 0) is 29.6 Å². The van der Waals surface area contributed by atoms with Crippen LogP contribution < -0.4 is 5.32 Å². The quantitative estimate of drug-likeness (QED) is 0.813. The lowest BCUT2D eigenvalue weighted by Gasteiger charge is -2.06. The highest BCUT2D eigenvalue weighted by Crippen LogP contribution is 2.25. The molecule has 1 N–H and O–H groups in total. The molecule has 0 atom stereocenters. The van der Waals surface area contributed by atoms with E-state index in [0.29, 0.717) is 23.4 Å². The molecular weight excluding hydrogens is 238 g/mol. The third-order valence-electron chi connectivity index (χ3n) is 2.03. The van der Waals surface area contributed by atoms with E-state index in [-0.39, 0.29) is 11.6 Å². The molecule has 0 spiro atoms. The van der Waals surface area contributed by atoms with E-state index in [0.717, 1.165) is 0 Å². The molecule has 88 valence electrons. The van der Waals surface area contributed by atoms with E-state index in [9.17, 15) is 9.70 Å². The number of anilines is 1. The Kier molecular flexibility index (Phi) is 5.17. The smallest absolute Gasteiger partial charge is 0.225 e. The van der Waals surface area contributed by atoms with Crippen LogP contribution >= 0.6 is 11.8 Å². The van der Waals surface area contributed by atoms with E-state index < -0.39 is 0 Å². The van der Waals surface area contributed by atoms with Gasteiger partial charge in [0.2, 0.25) is 5.91 Å². The molecule has 1 rings (SSSR count). The number of hydrogen-bond donors (Lipinski definition) is 1. The van der Waals surface area contributed by atoms with Crippen molar-refractivity contribution in [3.8, 4) is 6.07 Å². The van der Waals surface area contributed by atoms with Crippen LogP contribution in [0.2, 0.25) is 0 Å². The molecule has 0 radical (unpaired) electrons. The van der Waals surface area contributed by atoms with Gasteiger partial charge in [-0.15, -0.1) is 4.91 Å². The molecule has 0 aromatic heterocycles. The van der Waals surface area contributed by atoms with Crippen LogP contribution in [0.15, 0.2) is 23.4 Å². The SMILES string of the molecule is CSCCC(=O)Nc1ccc(C#N)cc1N=O. The maximum absolute atomic E-state index is 11.5. The first-order chi connectivity index (χ1) is 8.21. The van der Waals surface area contributed by atoms with Crippen molar-refractivity contribution in [2.24, 2.45) is 5.18 Å². The lowest BCUT2D eigenvalue weighted by Crippen LogP contribution is -2.12. The standard InChI is InChI=1S/C11H11N3O2S/c1-17-5-4-11(15)13-9-3-2-8(7-12)6-10(9)14-16/h2-3,6H,4-5H2,1H3,(H,13,15). The molecule has 6 heteroatoms. The topological polar surface area (TPSA) is 82.3 Å². The molecule has 0 aliphatic carbocycles. The Bertz CT molecular complexity index is 468. The molecule has 0 heterocycles. The van der Waals surface area contributed by atoms with Gasteiger partial charge < -0.3 is 5.32 Å². The van der Waals surface area contributed by atoms with Gasteiger partial charge in [0.1, 0.15) is 5.69 Å². The number of nitrogens with zero attached hydrogens (tertiary/aromatic N) is 2. The molecule has 1 aromatic carbocycles. The summed E-state index contributed by atoms with van der Waals surface area (Å²) < 4.78 is 0. The van der Waals surface area contributed by atoms with Crippen LogP contribution in [0.5, 0.6) is 0 Å². The Morgan fingerprint density at radius 2 is 2.35 bits per heavy atom. The van der Waals surface area contributed by atoms with Gasteiger partial charge in [0, 0.05) is 12.2 Å². The van der Waals surface area contributed by atoms with Crippen molar-refractivity contribution in [1.29, 1.82) is 5.26 Å². The monoisotopic (exact) mass is 249 g/mol. The number of nitrogens with one attached hydrogen (secondary N) is 1. The van der Waals surface area contributed by atoms with Crippen molar-refractivity contribution in [1.82, 2.24) is 0 Å². The minimum Gasteiger partial charge on any atom is -0.324 e. The summed E-state index contributed by atoms with van der Waals surface area (Å²) in [7, 11) is 0. The Hall–Kier alpha value is -1.87. The summed E-state index contributed by atoms with van der Waals surface area (Å²) in [4.78, 5) is 22.0. The molecule has 0 bridgehead atoms. The maximum Gasteiger partial charge on any atom is 0.225 e. The molecule has 1 aromatic rings. The number of carbonyl (C=O) groups is 1. The molecule has 5 nitrogen and oxygen atoms in total. The number of nitriles is 1. The maximum atomic E-state index is 11.5. The van der Waals surface area contributed by atoms with Crippen molar-refractivity contribution >= 4 is 29.0 Å². The summed E-state index contributed by atoms with van der Waals surface area (Å²) in [6.07, 6.45) is 2.28. The van der Waals surface area contributed by atoms with Crippen molar-refractivity contribution in [3.63, 3.8) is 0 Å². The Labute approximate surface area is 103 Å². The molecular formula is C11H11N3O2S. The van der Waals surface area contributed by atoms with Crippen LogP contribution in [0.25, 0.3) is 0 Å². The van der Waals surface area contributed by atoms with E-state index in [2.05, 4.69) is 10.5 Å². The van der Waals surface area contributed by atoms with Gasteiger partial charge in [0.15, 0.2) is 0 Å². The predicted molar refractivity (Wildman–Crippen MR) is 68.2 cm³/mol. The number of hydrogen-bond acceptors (Lipinski definition) is 5. The molecule has 0 saturated heterocycles. The molecule has 0 unspecified atom stereocenters. The van der Waals surface area contributed by atoms with Gasteiger partial charge in [-0.25, -0.2) is 0 Å². The zero-order chi connectivity index (χ0) is 12.7. The molecule has 1 amide bonds. The second-order valence-electron chi connectivity index (χ2n) is 3.23. The molecule has 0 aliphatic heterocycles. The van der Waals surface area contributed by atoms with E-state index in [1.54, 1.807) is 11.8 Å². The highest BCUT2D eigenvalue weighted by molar-refractivity contribution is 7.98. The first kappa shape index (κ1) is 13.2. The third-order valence-corrected chi connectivity index (χ3v) is 2.64. The Morgan fingerprint density at radius 3 is 2.94 bits per heavy atom. The molecule has 0 aliphatic rings. The van der Waals surface area contributed by atoms with Crippen molar-refractivity contribution in [2.45, 2.75) is 6.42 Å². The van der Waals surface area contributed by atoms with Crippen molar-refractivity contribution in [3.05, 3.63) is 28.7 Å². The predicted octanol–water partition coefficient (Wildman–Crippen LogP) is 2.65. The first-order valence-corrected chi connectivity index (χ1v) is 6.27. The second-order valence-corrected chi connectivity index (χ2v) is 4.21. The summed E-state index contributed by atoms with van der Waals surface area (Å²) in [6, 6.07) is 6.28. The fraction of sp³-hybridized carbons (Fsp3) is 0.273. The second kappa shape index (κ2) is 6.66. The summed E-state index contributed by atoms with van der Waals surface area (Å²) in [6.45, 7) is 0. The highest BCUT2D eigenvalue weighted by Gasteiger charge is 2.08. The average Bonchev–Trinajstić information content (AvgIpc) is 2.36. The summed E-state index contributed by atoms with van der Waals surface area (Å²) in [5.41, 5.74) is 0.744. The molecule has 0 saturated carbocycles. The van der Waals surface area contributed by atoms with E-state index in [1.807, 2.05) is 12.3 Å². The van der Waals surface area contributed by atoms with Crippen molar-refractivity contribution < 1.29 is 4.79 Å². The van der Waals surface area contributed by atoms with E-state index >= 15 is 0 Å². The van der Waals surface area contributed by atoms with Gasteiger partial charge in [0.25, 0.3) is 0 Å². The lowest BCUT2D eigenvalue weighted by atomic mass is 10.2. The van der Waals surface area contributed by atoms with E-state index in [4.69, 9.17) is 5.26 Å². The van der Waals surface area contributed by atoms with Gasteiger partial charge >= 0.3 is 0 Å². The lowest BCUT2D eigenvalue weighted by molar-refractivity contribution is -0.115. The zero-order valence-corrected chi connectivity index (χ0v) is 10.1. The summed E-state index contributed by atoms with van der Waals surface area (Å²) in [5, 5.41) is 14.0. The fourth-order valence-corrected chi connectivity index (χ4v) is 1.58. The Morgan fingerprint density at radius 1 is 1.59 bits per heavy atom. The summed E-state index contributed by atoms with van der Waals surface area (Å²) in [5.74, 6) is 0.542. The number of rotatable bonds is 5. The number of carbonyl (C=O) groups excluding carboxylic acids is 1. The van der Waals surface area contributed by atoms with Gasteiger partial charge in [0.05, 0.1) is 17.3 Å². The number of amides is 1. The Balaban J connectivity index is 2.81. The number of benzene rings is 1. The number of nitroso groups, excluding NO2 is 1. The molecule has 17 heavy (non-hydrogen) atoms. The minimum absolute atomic E-state index is 0.0709.